The van der Waals surface area contributed by atoms with Gasteiger partial charge in [-0.1, -0.05) is 26.8 Å². The molecule has 8 atom stereocenters. The summed E-state index contributed by atoms with van der Waals surface area (Å²) in [4.78, 5) is 10.7. The molecule has 2 heterocycles. The molecular weight excluding hydrogens is 388 g/mol. The van der Waals surface area contributed by atoms with Crippen LogP contribution in [0, 0.1) is 23.2 Å². The molecule has 5 aliphatic rings. The van der Waals surface area contributed by atoms with Crippen molar-refractivity contribution in [3.63, 3.8) is 0 Å². The maximum atomic E-state index is 10.7. The fourth-order valence-electron chi connectivity index (χ4n) is 7.36. The molecule has 2 saturated carbocycles. The van der Waals surface area contributed by atoms with E-state index in [-0.39, 0.29) is 34.9 Å². The van der Waals surface area contributed by atoms with Gasteiger partial charge in [0.15, 0.2) is 5.60 Å². The summed E-state index contributed by atoms with van der Waals surface area (Å²) in [6.07, 6.45) is 10.2. The predicted octanol–water partition coefficient (Wildman–Crippen LogP) is 3.95. The minimum Gasteiger partial charge on any atom is -0.463 e. The zero-order chi connectivity index (χ0) is 20.4. The molecular formula is C23H34O5S. The van der Waals surface area contributed by atoms with E-state index in [4.69, 9.17) is 18.9 Å². The number of carbonyl (C=O) groups is 1. The van der Waals surface area contributed by atoms with E-state index in [0.29, 0.717) is 36.8 Å². The molecule has 2 spiro atoms. The van der Waals surface area contributed by atoms with Crippen molar-refractivity contribution < 1.29 is 23.7 Å². The second-order valence-electron chi connectivity index (χ2n) is 10.2. The SMILES string of the molecule is CSCOC1C(C(C)C)CC2OC23C2(C)CCC=C(COC=O)CC2CC2OC213. The van der Waals surface area contributed by atoms with E-state index in [1.165, 1.54) is 5.57 Å². The summed E-state index contributed by atoms with van der Waals surface area (Å²) >= 11 is 1.74. The Hall–Kier alpha value is -0.560. The van der Waals surface area contributed by atoms with Gasteiger partial charge >= 0.3 is 0 Å². The quantitative estimate of drug-likeness (QED) is 0.268. The largest absolute Gasteiger partial charge is 0.463 e. The average molecular weight is 423 g/mol. The fourth-order valence-corrected chi connectivity index (χ4v) is 7.65. The van der Waals surface area contributed by atoms with Crippen molar-refractivity contribution in [2.75, 3.05) is 18.8 Å². The van der Waals surface area contributed by atoms with E-state index in [1.54, 1.807) is 11.8 Å². The van der Waals surface area contributed by atoms with Gasteiger partial charge in [0.25, 0.3) is 6.47 Å². The molecule has 0 amide bonds. The van der Waals surface area contributed by atoms with Crippen molar-refractivity contribution >= 4 is 18.2 Å². The van der Waals surface area contributed by atoms with Gasteiger partial charge in [0.2, 0.25) is 0 Å². The Labute approximate surface area is 178 Å². The minimum atomic E-state index is -0.268. The first-order chi connectivity index (χ1) is 13.9. The van der Waals surface area contributed by atoms with Gasteiger partial charge < -0.3 is 18.9 Å². The van der Waals surface area contributed by atoms with E-state index in [0.717, 1.165) is 32.1 Å². The van der Waals surface area contributed by atoms with Crippen molar-refractivity contribution in [3.8, 4) is 0 Å². The third-order valence-corrected chi connectivity index (χ3v) is 9.14. The first kappa shape index (κ1) is 20.3. The molecule has 8 unspecified atom stereocenters. The van der Waals surface area contributed by atoms with Crippen molar-refractivity contribution in [1.82, 2.24) is 0 Å². The Balaban J connectivity index is 1.48. The van der Waals surface area contributed by atoms with Crippen molar-refractivity contribution in [3.05, 3.63) is 11.6 Å². The molecule has 29 heavy (non-hydrogen) atoms. The van der Waals surface area contributed by atoms with E-state index in [1.807, 2.05) is 0 Å². The van der Waals surface area contributed by atoms with Crippen molar-refractivity contribution in [2.24, 2.45) is 23.2 Å². The predicted molar refractivity (Wildman–Crippen MR) is 112 cm³/mol. The molecule has 0 N–H and O–H groups in total. The third kappa shape index (κ3) is 2.61. The summed E-state index contributed by atoms with van der Waals surface area (Å²) in [7, 11) is 0. The van der Waals surface area contributed by atoms with Crippen LogP contribution in [0.25, 0.3) is 0 Å². The topological polar surface area (TPSA) is 60.6 Å². The number of carbonyl (C=O) groups excluding carboxylic acids is 1. The standard InChI is InChI=1S/C23H34O5S/c1-14(2)17-10-19-23(28-19)21(3)7-5-6-15(11-25-12-24)8-16(21)9-18-22(23,27-18)20(17)26-13-29-4/h6,12,14,16-20H,5,7-11,13H2,1-4H3. The number of ether oxygens (including phenoxy) is 4. The lowest BCUT2D eigenvalue weighted by Crippen LogP contribution is -2.66. The van der Waals surface area contributed by atoms with Gasteiger partial charge in [0.05, 0.1) is 24.3 Å². The average Bonchev–Trinajstić information content (AvgIpc) is 3.58. The molecule has 0 aromatic carbocycles. The Morgan fingerprint density at radius 1 is 1.31 bits per heavy atom. The van der Waals surface area contributed by atoms with E-state index >= 15 is 0 Å². The van der Waals surface area contributed by atoms with Gasteiger partial charge in [-0.25, -0.2) is 0 Å². The summed E-state index contributed by atoms with van der Waals surface area (Å²) in [6, 6.07) is 0. The molecule has 0 aromatic rings. The number of fused-ring (bicyclic) bond motifs is 1. The van der Waals surface area contributed by atoms with Crippen LogP contribution in [0.2, 0.25) is 0 Å². The van der Waals surface area contributed by atoms with Crippen LogP contribution in [0.1, 0.15) is 52.9 Å². The monoisotopic (exact) mass is 422 g/mol. The molecule has 2 saturated heterocycles. The number of allylic oxidation sites excluding steroid dienone is 1. The zero-order valence-electron chi connectivity index (χ0n) is 18.0. The zero-order valence-corrected chi connectivity index (χ0v) is 18.8. The van der Waals surface area contributed by atoms with Crippen LogP contribution in [0.5, 0.6) is 0 Å². The Bertz CT molecular complexity index is 709. The molecule has 3 aliphatic carbocycles. The maximum Gasteiger partial charge on any atom is 0.293 e. The van der Waals surface area contributed by atoms with Gasteiger partial charge in [-0.15, -0.1) is 11.8 Å². The van der Waals surface area contributed by atoms with E-state index in [9.17, 15) is 4.79 Å². The highest BCUT2D eigenvalue weighted by Gasteiger charge is 2.92. The molecule has 4 fully saturated rings. The van der Waals surface area contributed by atoms with Gasteiger partial charge in [-0.05, 0) is 61.7 Å². The normalized spacial score (nSPS) is 49.7. The first-order valence-electron chi connectivity index (χ1n) is 11.1. The highest BCUT2D eigenvalue weighted by atomic mass is 32.2. The number of rotatable bonds is 7. The molecule has 0 radical (unpaired) electrons. The number of thioether (sulfide) groups is 1. The lowest BCUT2D eigenvalue weighted by Gasteiger charge is -2.53. The molecule has 0 aromatic heterocycles. The van der Waals surface area contributed by atoms with Gasteiger partial charge in [-0.3, -0.25) is 4.79 Å². The summed E-state index contributed by atoms with van der Waals surface area (Å²) in [5.41, 5.74) is 0.832. The molecule has 0 bridgehead atoms. The van der Waals surface area contributed by atoms with E-state index in [2.05, 4.69) is 33.1 Å². The molecule has 2 aliphatic heterocycles. The van der Waals surface area contributed by atoms with Crippen molar-refractivity contribution in [2.45, 2.75) is 82.4 Å². The fraction of sp³-hybridized carbons (Fsp3) is 0.870. The van der Waals surface area contributed by atoms with Crippen LogP contribution in [-0.2, 0) is 23.7 Å². The van der Waals surface area contributed by atoms with Crippen LogP contribution >= 0.6 is 11.8 Å². The summed E-state index contributed by atoms with van der Waals surface area (Å²) in [5.74, 6) is 2.24. The molecule has 5 nitrogen and oxygen atoms in total. The Morgan fingerprint density at radius 3 is 2.86 bits per heavy atom. The first-order valence-corrected chi connectivity index (χ1v) is 12.5. The highest BCUT2D eigenvalue weighted by molar-refractivity contribution is 7.98. The smallest absolute Gasteiger partial charge is 0.293 e. The van der Waals surface area contributed by atoms with Gasteiger partial charge in [0.1, 0.15) is 12.2 Å². The molecule has 5 rings (SSSR count). The minimum absolute atomic E-state index is 0.0625. The highest BCUT2D eigenvalue weighted by Crippen LogP contribution is 2.78. The second-order valence-corrected chi connectivity index (χ2v) is 11.1. The lowest BCUT2D eigenvalue weighted by molar-refractivity contribution is -0.128. The Kier molecular flexibility index (Phi) is 4.89. The van der Waals surface area contributed by atoms with Crippen LogP contribution in [0.4, 0.5) is 0 Å². The number of epoxide rings is 2. The van der Waals surface area contributed by atoms with Crippen LogP contribution in [0.15, 0.2) is 11.6 Å². The van der Waals surface area contributed by atoms with Crippen LogP contribution < -0.4 is 0 Å². The summed E-state index contributed by atoms with van der Waals surface area (Å²) < 4.78 is 25.0. The lowest BCUT2D eigenvalue weighted by atomic mass is 9.49. The van der Waals surface area contributed by atoms with Crippen molar-refractivity contribution in [1.29, 1.82) is 0 Å². The third-order valence-electron chi connectivity index (χ3n) is 8.77. The number of hydrogen-bond acceptors (Lipinski definition) is 6. The second kappa shape index (κ2) is 6.98. The van der Waals surface area contributed by atoms with Crippen LogP contribution in [0.3, 0.4) is 0 Å². The maximum absolute atomic E-state index is 10.7. The van der Waals surface area contributed by atoms with Crippen LogP contribution in [-0.4, -0.2) is 54.8 Å². The Morgan fingerprint density at radius 2 is 2.14 bits per heavy atom. The number of hydrogen-bond donors (Lipinski definition) is 0. The molecule has 162 valence electrons. The van der Waals surface area contributed by atoms with Gasteiger partial charge in [0, 0.05) is 5.41 Å². The summed E-state index contributed by atoms with van der Waals surface area (Å²) in [5, 5.41) is 0. The molecule has 6 heteroatoms. The van der Waals surface area contributed by atoms with Gasteiger partial charge in [-0.2, -0.15) is 0 Å². The van der Waals surface area contributed by atoms with E-state index < -0.39 is 0 Å². The summed E-state index contributed by atoms with van der Waals surface area (Å²) in [6.45, 7) is 8.03.